The molecule has 1 aromatic rings. The molecule has 1 fully saturated rings. The number of aromatic amines is 1. The maximum atomic E-state index is 13.3. The van der Waals surface area contributed by atoms with Crippen LogP contribution in [0.3, 0.4) is 0 Å². The number of ketones is 1. The predicted molar refractivity (Wildman–Crippen MR) is 174 cm³/mol. The van der Waals surface area contributed by atoms with Crippen LogP contribution in [0.15, 0.2) is 45.3 Å². The number of esters is 1. The average Bonchev–Trinajstić information content (AvgIpc) is 3.53. The Kier molecular flexibility index (Phi) is 10.9. The van der Waals surface area contributed by atoms with Crippen LogP contribution in [-0.4, -0.2) is 54.3 Å². The first-order valence-corrected chi connectivity index (χ1v) is 14.9. The molecule has 1 unspecified atom stereocenters. The van der Waals surface area contributed by atoms with E-state index in [4.69, 9.17) is 4.74 Å². The number of nitrogens with zero attached hydrogens (tertiary/aromatic N) is 2. The van der Waals surface area contributed by atoms with Crippen LogP contribution in [0, 0.1) is 18.8 Å². The number of fused-ring (bicyclic) bond motifs is 1. The Morgan fingerprint density at radius 1 is 1.21 bits per heavy atom. The van der Waals surface area contributed by atoms with Crippen molar-refractivity contribution in [2.45, 2.75) is 86.2 Å². The Bertz CT molecular complexity index is 1430. The van der Waals surface area contributed by atoms with Crippen LogP contribution < -0.4 is 10.6 Å². The van der Waals surface area contributed by atoms with E-state index in [1.807, 2.05) is 53.7 Å². The zero-order valence-electron chi connectivity index (χ0n) is 27.0. The van der Waals surface area contributed by atoms with Crippen molar-refractivity contribution < 1.29 is 19.1 Å². The molecule has 3 N–H and O–H groups in total. The van der Waals surface area contributed by atoms with Gasteiger partial charge < -0.3 is 20.4 Å². The van der Waals surface area contributed by atoms with Gasteiger partial charge in [-0.1, -0.05) is 13.5 Å². The molecule has 2 aliphatic rings. The van der Waals surface area contributed by atoms with Gasteiger partial charge in [0.15, 0.2) is 5.78 Å². The average molecular weight is 590 g/mol. The van der Waals surface area contributed by atoms with Crippen molar-refractivity contribution in [2.24, 2.45) is 21.8 Å². The maximum absolute atomic E-state index is 13.3. The summed E-state index contributed by atoms with van der Waals surface area (Å²) in [5, 5.41) is 6.56. The molecule has 9 heteroatoms. The summed E-state index contributed by atoms with van der Waals surface area (Å²) in [5.41, 5.74) is 8.00. The van der Waals surface area contributed by atoms with Gasteiger partial charge in [-0.3, -0.25) is 24.4 Å². The van der Waals surface area contributed by atoms with Gasteiger partial charge in [0.05, 0.1) is 11.4 Å². The normalized spacial score (nSPS) is 21.6. The molecule has 1 aromatic heterocycles. The zero-order chi connectivity index (χ0) is 32.1. The van der Waals surface area contributed by atoms with Crippen LogP contribution in [0.1, 0.15) is 101 Å². The lowest BCUT2D eigenvalue weighted by atomic mass is 9.86. The summed E-state index contributed by atoms with van der Waals surface area (Å²) in [6.45, 7) is 21.4. The second-order valence-electron chi connectivity index (χ2n) is 12.4. The highest BCUT2D eigenvalue weighted by Gasteiger charge is 2.39. The summed E-state index contributed by atoms with van der Waals surface area (Å²) in [6.07, 6.45) is 5.85. The minimum absolute atomic E-state index is 0.0186. The van der Waals surface area contributed by atoms with E-state index in [9.17, 15) is 14.4 Å². The molecule has 1 aliphatic heterocycles. The van der Waals surface area contributed by atoms with Crippen molar-refractivity contribution >= 4 is 41.7 Å². The van der Waals surface area contributed by atoms with E-state index in [-0.39, 0.29) is 42.3 Å². The topological polar surface area (TPSA) is 125 Å². The largest absolute Gasteiger partial charge is 0.460 e. The number of aromatic nitrogens is 1. The number of amides is 1. The second kappa shape index (κ2) is 14.0. The molecule has 0 bridgehead atoms. The molecular formula is C34H47N5O4. The molecule has 43 heavy (non-hydrogen) atoms. The van der Waals surface area contributed by atoms with Gasteiger partial charge in [-0.2, -0.15) is 0 Å². The van der Waals surface area contributed by atoms with Crippen molar-refractivity contribution in [2.75, 3.05) is 13.6 Å². The summed E-state index contributed by atoms with van der Waals surface area (Å²) in [6, 6.07) is 0. The number of carbonyl (C=O) groups is 3. The predicted octanol–water partition coefficient (Wildman–Crippen LogP) is 6.09. The first-order valence-electron chi connectivity index (χ1n) is 14.9. The van der Waals surface area contributed by atoms with E-state index in [2.05, 4.69) is 45.8 Å². The molecule has 0 radical (unpaired) electrons. The van der Waals surface area contributed by atoms with Crippen LogP contribution in [-0.2, 0) is 14.3 Å². The quantitative estimate of drug-likeness (QED) is 0.164. The van der Waals surface area contributed by atoms with Crippen molar-refractivity contribution in [1.82, 2.24) is 15.6 Å². The number of Topliss-reactive ketones (excluding diaryl/α,β-unsaturated/α-hetero) is 1. The van der Waals surface area contributed by atoms with E-state index in [1.165, 1.54) is 0 Å². The van der Waals surface area contributed by atoms with Crippen LogP contribution in [0.2, 0.25) is 0 Å². The Hall–Kier alpha value is -4.01. The Balaban J connectivity index is 1.86. The molecule has 0 aromatic carbocycles. The zero-order valence-corrected chi connectivity index (χ0v) is 27.0. The fourth-order valence-corrected chi connectivity index (χ4v) is 5.60. The smallest absolute Gasteiger partial charge is 0.306 e. The summed E-state index contributed by atoms with van der Waals surface area (Å²) < 4.78 is 5.34. The number of rotatable bonds is 11. The van der Waals surface area contributed by atoms with Crippen LogP contribution in [0.4, 0.5) is 0 Å². The Morgan fingerprint density at radius 3 is 2.51 bits per heavy atom. The van der Waals surface area contributed by atoms with E-state index in [1.54, 1.807) is 7.05 Å². The Labute approximate surface area is 255 Å². The number of ether oxygens (including phenoxy) is 1. The van der Waals surface area contributed by atoms with Crippen LogP contribution >= 0.6 is 0 Å². The molecule has 9 nitrogen and oxygen atoms in total. The maximum Gasteiger partial charge on any atom is 0.306 e. The third-order valence-electron chi connectivity index (χ3n) is 7.83. The third-order valence-corrected chi connectivity index (χ3v) is 7.83. The van der Waals surface area contributed by atoms with Crippen LogP contribution in [0.25, 0.3) is 11.6 Å². The molecule has 232 valence electrons. The molecular weight excluding hydrogens is 542 g/mol. The van der Waals surface area contributed by atoms with Gasteiger partial charge in [0.25, 0.3) is 0 Å². The highest BCUT2D eigenvalue weighted by Crippen LogP contribution is 2.45. The molecule has 2 atom stereocenters. The minimum Gasteiger partial charge on any atom is -0.460 e. The Morgan fingerprint density at radius 2 is 1.91 bits per heavy atom. The lowest BCUT2D eigenvalue weighted by Crippen LogP contribution is -2.27. The minimum atomic E-state index is -0.524. The second-order valence-corrected chi connectivity index (χ2v) is 12.4. The SMILES string of the molecule is C=N/C(C)=C\c1[nH]c2c(c1C)C(=O)C/C2=C1/NC(=CC(=NC)C(=C)C)C(C)[C@@H]1CCC(=O)NCCCC(=O)OC(C)(C)C. The van der Waals surface area contributed by atoms with Gasteiger partial charge in [0.2, 0.25) is 5.91 Å². The third kappa shape index (κ3) is 8.30. The lowest BCUT2D eigenvalue weighted by molar-refractivity contribution is -0.155. The van der Waals surface area contributed by atoms with Gasteiger partial charge in [-0.15, -0.1) is 0 Å². The highest BCUT2D eigenvalue weighted by molar-refractivity contribution is 6.13. The van der Waals surface area contributed by atoms with Gasteiger partial charge in [0, 0.05) is 78.6 Å². The summed E-state index contributed by atoms with van der Waals surface area (Å²) in [4.78, 5) is 49.9. The molecule has 1 aliphatic carbocycles. The van der Waals surface area contributed by atoms with Gasteiger partial charge in [-0.25, -0.2) is 0 Å². The van der Waals surface area contributed by atoms with Gasteiger partial charge >= 0.3 is 5.97 Å². The fraction of sp³-hybridized carbons (Fsp3) is 0.500. The van der Waals surface area contributed by atoms with Crippen molar-refractivity contribution in [3.63, 3.8) is 0 Å². The molecule has 0 spiro atoms. The molecule has 3 rings (SSSR count). The number of nitrogens with one attached hydrogen (secondary N) is 3. The summed E-state index contributed by atoms with van der Waals surface area (Å²) >= 11 is 0. The number of allylic oxidation sites excluding steroid dienone is 6. The van der Waals surface area contributed by atoms with E-state index < -0.39 is 5.60 Å². The van der Waals surface area contributed by atoms with Gasteiger partial charge in [0.1, 0.15) is 5.60 Å². The van der Waals surface area contributed by atoms with Gasteiger partial charge in [-0.05, 0) is 84.4 Å². The number of aliphatic imine (C=N–C) groups is 2. The lowest BCUT2D eigenvalue weighted by Gasteiger charge is -2.19. The van der Waals surface area contributed by atoms with E-state index in [0.29, 0.717) is 31.4 Å². The standard InChI is InChI=1S/C34H47N5O4/c1-19(2)25(36-10)18-27-21(4)23(13-14-29(41)37-15-11-12-30(42)43-34(6,7)8)32(38-27)24-17-28(40)31-22(5)26(39-33(24)31)16-20(3)35-9/h16,18,21,23,38-39H,1,9,11-15,17H2,2-8,10H3,(H,37,41)/b20-16-,27-18?,32-24-,36-25?/t21?,23-/m0/s1. The summed E-state index contributed by atoms with van der Waals surface area (Å²) in [5.74, 6) is -0.237. The fourth-order valence-electron chi connectivity index (χ4n) is 5.60. The number of hydrogen-bond acceptors (Lipinski definition) is 7. The number of H-pyrrole nitrogens is 1. The molecule has 2 heterocycles. The van der Waals surface area contributed by atoms with Crippen molar-refractivity contribution in [1.29, 1.82) is 0 Å². The van der Waals surface area contributed by atoms with Crippen molar-refractivity contribution in [3.05, 3.63) is 57.8 Å². The first kappa shape index (κ1) is 33.5. The molecule has 1 amide bonds. The molecule has 0 saturated carbocycles. The van der Waals surface area contributed by atoms with E-state index in [0.717, 1.165) is 50.9 Å². The number of carbonyl (C=O) groups excluding carboxylic acids is 3. The van der Waals surface area contributed by atoms with Crippen LogP contribution in [0.5, 0.6) is 0 Å². The van der Waals surface area contributed by atoms with Crippen molar-refractivity contribution in [3.8, 4) is 0 Å². The first-order chi connectivity index (χ1) is 20.2. The van der Waals surface area contributed by atoms with E-state index >= 15 is 0 Å². The highest BCUT2D eigenvalue weighted by atomic mass is 16.6. The molecule has 1 saturated heterocycles. The monoisotopic (exact) mass is 589 g/mol. The summed E-state index contributed by atoms with van der Waals surface area (Å²) in [7, 11) is 1.74. The number of hydrogen-bond donors (Lipinski definition) is 3.